The second-order valence-electron chi connectivity index (χ2n) is 3.35. The molecule has 1 aliphatic heterocycles. The van der Waals surface area contributed by atoms with Crippen molar-refractivity contribution in [2.24, 2.45) is 0 Å². The smallest absolute Gasteiger partial charge is 0.140 e. The van der Waals surface area contributed by atoms with Gasteiger partial charge >= 0.3 is 0 Å². The van der Waals surface area contributed by atoms with Crippen molar-refractivity contribution < 1.29 is 9.84 Å². The molecule has 2 nitrogen and oxygen atoms in total. The number of benzene rings is 1. The lowest BCUT2D eigenvalue weighted by molar-refractivity contribution is 0.266. The van der Waals surface area contributed by atoms with Gasteiger partial charge in [-0.15, -0.1) is 0 Å². The van der Waals surface area contributed by atoms with Crippen LogP contribution in [0, 0.1) is 11.8 Å². The molecule has 1 aromatic carbocycles. The Hall–Kier alpha value is -1.72. The van der Waals surface area contributed by atoms with Crippen LogP contribution in [0.3, 0.4) is 0 Å². The summed E-state index contributed by atoms with van der Waals surface area (Å²) in [5.41, 5.74) is 1.77. The average Bonchev–Trinajstić information content (AvgIpc) is 2.81. The molecule has 15 heavy (non-hydrogen) atoms. The van der Waals surface area contributed by atoms with Crippen LogP contribution < -0.4 is 0 Å². The Labute approximate surface area is 89.2 Å². The molecule has 0 fully saturated rings. The fraction of sp³-hybridized carbons (Fsp3) is 0.231. The first-order valence-electron chi connectivity index (χ1n) is 4.91. The highest BCUT2D eigenvalue weighted by atomic mass is 16.5. The van der Waals surface area contributed by atoms with E-state index in [2.05, 4.69) is 11.8 Å². The number of hydrogen-bond donors (Lipinski definition) is 1. The van der Waals surface area contributed by atoms with E-state index >= 15 is 0 Å². The molecule has 1 N–H and O–H groups in total. The van der Waals surface area contributed by atoms with Gasteiger partial charge in [-0.1, -0.05) is 30.0 Å². The highest BCUT2D eigenvalue weighted by Crippen LogP contribution is 2.13. The second-order valence-corrected chi connectivity index (χ2v) is 3.35. The summed E-state index contributed by atoms with van der Waals surface area (Å²) in [6.45, 7) is 0.652. The largest absolute Gasteiger partial charge is 0.501 e. The van der Waals surface area contributed by atoms with Crippen molar-refractivity contribution in [1.82, 2.24) is 0 Å². The zero-order valence-electron chi connectivity index (χ0n) is 8.31. The van der Waals surface area contributed by atoms with Gasteiger partial charge in [0, 0.05) is 17.6 Å². The normalized spacial score (nSPS) is 15.9. The predicted octanol–water partition coefficient (Wildman–Crippen LogP) is 1.70. The first kappa shape index (κ1) is 9.82. The number of aliphatic hydroxyl groups is 1. The number of aliphatic hydroxyl groups excluding tert-OH is 1. The van der Waals surface area contributed by atoms with E-state index in [1.54, 1.807) is 6.26 Å². The maximum atomic E-state index is 9.69. The molecule has 0 saturated heterocycles. The van der Waals surface area contributed by atoms with Crippen LogP contribution in [0.25, 0.3) is 0 Å². The lowest BCUT2D eigenvalue weighted by Crippen LogP contribution is -2.05. The van der Waals surface area contributed by atoms with E-state index in [0.717, 1.165) is 17.6 Å². The van der Waals surface area contributed by atoms with E-state index in [1.165, 1.54) is 0 Å². The summed E-state index contributed by atoms with van der Waals surface area (Å²) in [4.78, 5) is 0. The van der Waals surface area contributed by atoms with Crippen molar-refractivity contribution in [1.29, 1.82) is 0 Å². The molecule has 2 heteroatoms. The molecular formula is C13H12O2. The number of hydrogen-bond acceptors (Lipinski definition) is 2. The van der Waals surface area contributed by atoms with Crippen LogP contribution in [-0.2, 0) is 4.74 Å². The molecule has 0 bridgehead atoms. The maximum Gasteiger partial charge on any atom is 0.140 e. The molecule has 0 spiro atoms. The topological polar surface area (TPSA) is 29.5 Å². The summed E-state index contributed by atoms with van der Waals surface area (Å²) < 4.78 is 5.04. The van der Waals surface area contributed by atoms with Crippen molar-refractivity contribution in [2.45, 2.75) is 12.5 Å². The summed E-state index contributed by atoms with van der Waals surface area (Å²) in [6, 6.07) is 9.62. The van der Waals surface area contributed by atoms with Crippen LogP contribution >= 0.6 is 0 Å². The van der Waals surface area contributed by atoms with Gasteiger partial charge in [-0.2, -0.15) is 0 Å². The Balaban J connectivity index is 2.05. The number of ether oxygens (including phenoxy) is 1. The van der Waals surface area contributed by atoms with Gasteiger partial charge < -0.3 is 9.84 Å². The molecule has 1 unspecified atom stereocenters. The van der Waals surface area contributed by atoms with E-state index in [0.29, 0.717) is 6.61 Å². The molecule has 0 aromatic heterocycles. The molecule has 1 aliphatic rings. The van der Waals surface area contributed by atoms with Gasteiger partial charge in [-0.05, 0) is 12.1 Å². The van der Waals surface area contributed by atoms with Crippen LogP contribution in [-0.4, -0.2) is 17.8 Å². The summed E-state index contributed by atoms with van der Waals surface area (Å²) in [5.74, 6) is 5.72. The first-order chi connectivity index (χ1) is 7.36. The van der Waals surface area contributed by atoms with Crippen molar-refractivity contribution in [2.75, 3.05) is 6.61 Å². The molecule has 2 rings (SSSR count). The lowest BCUT2D eigenvalue weighted by Gasteiger charge is -2.00. The molecule has 1 heterocycles. The van der Waals surface area contributed by atoms with Crippen LogP contribution in [0.15, 0.2) is 42.2 Å². The minimum absolute atomic E-state index is 0.652. The maximum absolute atomic E-state index is 9.69. The van der Waals surface area contributed by atoms with E-state index in [9.17, 15) is 5.11 Å². The Kier molecular flexibility index (Phi) is 3.06. The van der Waals surface area contributed by atoms with E-state index in [-0.39, 0.29) is 0 Å². The summed E-state index contributed by atoms with van der Waals surface area (Å²) in [7, 11) is 0. The van der Waals surface area contributed by atoms with Gasteiger partial charge in [0.2, 0.25) is 0 Å². The van der Waals surface area contributed by atoms with E-state index < -0.39 is 6.10 Å². The average molecular weight is 200 g/mol. The van der Waals surface area contributed by atoms with E-state index in [4.69, 9.17) is 4.74 Å². The molecule has 1 aromatic rings. The predicted molar refractivity (Wildman–Crippen MR) is 58.0 cm³/mol. The lowest BCUT2D eigenvalue weighted by atomic mass is 10.1. The van der Waals surface area contributed by atoms with Crippen LogP contribution in [0.1, 0.15) is 12.0 Å². The van der Waals surface area contributed by atoms with Crippen molar-refractivity contribution in [3.8, 4) is 11.8 Å². The highest BCUT2D eigenvalue weighted by Gasteiger charge is 2.12. The fourth-order valence-electron chi connectivity index (χ4n) is 1.37. The van der Waals surface area contributed by atoms with Gasteiger partial charge in [0.1, 0.15) is 6.10 Å². The molecule has 76 valence electrons. The van der Waals surface area contributed by atoms with Crippen molar-refractivity contribution >= 4 is 0 Å². The summed E-state index contributed by atoms with van der Waals surface area (Å²) in [6.07, 6.45) is 1.67. The summed E-state index contributed by atoms with van der Waals surface area (Å²) in [5, 5.41) is 9.69. The zero-order valence-corrected chi connectivity index (χ0v) is 8.31. The zero-order chi connectivity index (χ0) is 10.5. The molecule has 0 saturated carbocycles. The minimum atomic E-state index is -0.701. The number of rotatable bonds is 1. The Morgan fingerprint density at radius 1 is 1.27 bits per heavy atom. The highest BCUT2D eigenvalue weighted by molar-refractivity contribution is 5.36. The standard InChI is InChI=1S/C13H12O2/c14-13(12-8-9-15-10-12)7-6-11-4-2-1-3-5-11/h1-5,10,13-14H,8-9H2. The SMILES string of the molecule is OC(C#Cc1ccccc1)C1=COCC1. The van der Waals surface area contributed by atoms with Crippen LogP contribution in [0.4, 0.5) is 0 Å². The molecule has 0 aliphatic carbocycles. The first-order valence-corrected chi connectivity index (χ1v) is 4.91. The second kappa shape index (κ2) is 4.68. The van der Waals surface area contributed by atoms with Gasteiger partial charge in [-0.3, -0.25) is 0 Å². The van der Waals surface area contributed by atoms with Crippen molar-refractivity contribution in [3.63, 3.8) is 0 Å². The third-order valence-electron chi connectivity index (χ3n) is 2.22. The molecule has 1 atom stereocenters. The van der Waals surface area contributed by atoms with Crippen LogP contribution in [0.5, 0.6) is 0 Å². The van der Waals surface area contributed by atoms with Gasteiger partial charge in [0.25, 0.3) is 0 Å². The van der Waals surface area contributed by atoms with Crippen LogP contribution in [0.2, 0.25) is 0 Å². The molecule has 0 amide bonds. The Morgan fingerprint density at radius 2 is 2.07 bits per heavy atom. The van der Waals surface area contributed by atoms with Gasteiger partial charge in [0.05, 0.1) is 12.9 Å². The Bertz CT molecular complexity index is 409. The minimum Gasteiger partial charge on any atom is -0.501 e. The summed E-state index contributed by atoms with van der Waals surface area (Å²) >= 11 is 0. The third-order valence-corrected chi connectivity index (χ3v) is 2.22. The van der Waals surface area contributed by atoms with Crippen molar-refractivity contribution in [3.05, 3.63) is 47.7 Å². The van der Waals surface area contributed by atoms with Gasteiger partial charge in [-0.25, -0.2) is 0 Å². The monoisotopic (exact) mass is 200 g/mol. The fourth-order valence-corrected chi connectivity index (χ4v) is 1.37. The molecule has 0 radical (unpaired) electrons. The third kappa shape index (κ3) is 2.61. The molecular weight excluding hydrogens is 188 g/mol. The van der Waals surface area contributed by atoms with Gasteiger partial charge in [0.15, 0.2) is 0 Å². The Morgan fingerprint density at radius 3 is 2.73 bits per heavy atom. The van der Waals surface area contributed by atoms with E-state index in [1.807, 2.05) is 30.3 Å². The quantitative estimate of drug-likeness (QED) is 0.699.